The van der Waals surface area contributed by atoms with Gasteiger partial charge in [-0.1, -0.05) is 30.3 Å². The number of nitrogens with zero attached hydrogens (tertiary/aromatic N) is 1. The smallest absolute Gasteiger partial charge is 0.306 e. The molecule has 0 aliphatic rings. The molecule has 1 atom stereocenters. The van der Waals surface area contributed by atoms with Crippen LogP contribution >= 0.6 is 42.5 Å². The van der Waals surface area contributed by atoms with E-state index in [1.807, 2.05) is 6.07 Å². The van der Waals surface area contributed by atoms with Crippen LogP contribution in [-0.4, -0.2) is 54.3 Å². The lowest BCUT2D eigenvalue weighted by molar-refractivity contribution is 0.0960. The van der Waals surface area contributed by atoms with Crippen molar-refractivity contribution in [3.8, 4) is 0 Å². The van der Waals surface area contributed by atoms with Crippen LogP contribution in [0.4, 0.5) is 0 Å². The zero-order chi connectivity index (χ0) is 17.8. The van der Waals surface area contributed by atoms with Gasteiger partial charge in [-0.05, 0) is 0 Å². The Morgan fingerprint density at radius 1 is 1.08 bits per heavy atom. The Bertz CT molecular complexity index is 528. The van der Waals surface area contributed by atoms with E-state index < -0.39 is 7.67 Å². The van der Waals surface area contributed by atoms with Crippen LogP contribution in [0, 0.1) is 0 Å². The van der Waals surface area contributed by atoms with Gasteiger partial charge in [0, 0.05) is 49.3 Å². The second-order valence-electron chi connectivity index (χ2n) is 4.82. The highest BCUT2D eigenvalue weighted by atomic mass is 35.5. The maximum atomic E-state index is 13.1. The lowest BCUT2D eigenvalue weighted by Gasteiger charge is -2.30. The molecule has 0 aromatic heterocycles. The summed E-state index contributed by atoms with van der Waals surface area (Å²) in [4.78, 5) is 12.1. The number of halogens is 3. The number of Topliss-reactive ketones (excluding diaryl/α,β-unsaturated/α-hetero) is 1. The first-order chi connectivity index (χ1) is 11.6. The Morgan fingerprint density at radius 2 is 1.71 bits per heavy atom. The molecule has 1 unspecified atom stereocenters. The number of ketones is 1. The van der Waals surface area contributed by atoms with E-state index in [0.29, 0.717) is 25.2 Å². The molecule has 0 bridgehead atoms. The third kappa shape index (κ3) is 7.40. The number of nitrogens with one attached hydrogen (secondary N) is 1. The summed E-state index contributed by atoms with van der Waals surface area (Å²) >= 11 is 17.2. The van der Waals surface area contributed by atoms with Crippen LogP contribution < -0.4 is 5.09 Å². The van der Waals surface area contributed by atoms with Crippen LogP contribution in [0.5, 0.6) is 0 Å². The summed E-state index contributed by atoms with van der Waals surface area (Å²) in [6, 6.07) is 8.91. The Kier molecular flexibility index (Phi) is 11.2. The van der Waals surface area contributed by atoms with Gasteiger partial charge < -0.3 is 4.52 Å². The largest absolute Gasteiger partial charge is 0.343 e. The van der Waals surface area contributed by atoms with Crippen molar-refractivity contribution in [2.24, 2.45) is 0 Å². The van der Waals surface area contributed by atoms with E-state index in [-0.39, 0.29) is 36.5 Å². The van der Waals surface area contributed by atoms with Gasteiger partial charge in [-0.25, -0.2) is 9.76 Å². The molecule has 0 aliphatic carbocycles. The van der Waals surface area contributed by atoms with E-state index in [4.69, 9.17) is 39.3 Å². The fourth-order valence-electron chi connectivity index (χ4n) is 2.01. The van der Waals surface area contributed by atoms with Crippen molar-refractivity contribution in [1.29, 1.82) is 0 Å². The summed E-state index contributed by atoms with van der Waals surface area (Å²) in [6.45, 7) is 1.05. The van der Waals surface area contributed by atoms with Crippen molar-refractivity contribution in [3.05, 3.63) is 35.9 Å². The summed E-state index contributed by atoms with van der Waals surface area (Å²) in [7, 11) is -3.35. The van der Waals surface area contributed by atoms with Crippen molar-refractivity contribution >= 4 is 48.3 Å². The first kappa shape index (κ1) is 21.9. The normalized spacial score (nSPS) is 13.8. The van der Waals surface area contributed by atoms with E-state index >= 15 is 0 Å². The quantitative estimate of drug-likeness (QED) is 0.300. The Labute approximate surface area is 158 Å². The van der Waals surface area contributed by atoms with Gasteiger partial charge in [0.1, 0.15) is 0 Å². The number of hydrogen-bond acceptors (Lipinski definition) is 3. The summed E-state index contributed by atoms with van der Waals surface area (Å²) in [5.74, 6) is 0.790. The minimum Gasteiger partial charge on any atom is -0.306 e. The van der Waals surface area contributed by atoms with Crippen molar-refractivity contribution < 1.29 is 13.9 Å². The molecule has 1 rings (SSSR count). The SMILES string of the molecule is O=C(CCOP(=O)(NCCCl)N(CCCl)CCCl)c1ccccc1. The van der Waals surface area contributed by atoms with Crippen LogP contribution in [0.15, 0.2) is 30.3 Å². The number of benzene rings is 1. The van der Waals surface area contributed by atoms with Crippen molar-refractivity contribution in [3.63, 3.8) is 0 Å². The van der Waals surface area contributed by atoms with E-state index in [2.05, 4.69) is 5.09 Å². The second-order valence-corrected chi connectivity index (χ2v) is 8.14. The highest BCUT2D eigenvalue weighted by molar-refractivity contribution is 7.54. The topological polar surface area (TPSA) is 58.6 Å². The predicted molar refractivity (Wildman–Crippen MR) is 101 cm³/mol. The van der Waals surface area contributed by atoms with Crippen molar-refractivity contribution in [1.82, 2.24) is 9.76 Å². The number of carbonyl (C=O) groups is 1. The van der Waals surface area contributed by atoms with Crippen LogP contribution in [0.3, 0.4) is 0 Å². The van der Waals surface area contributed by atoms with E-state index in [1.165, 1.54) is 0 Å². The molecule has 5 nitrogen and oxygen atoms in total. The standard InChI is InChI=1S/C15H22Cl3N2O3P/c16-7-10-19-24(22,20(11-8-17)12-9-18)23-13-6-15(21)14-4-2-1-3-5-14/h1-5H,6-13H2,(H,19,22). The van der Waals surface area contributed by atoms with E-state index in [9.17, 15) is 9.36 Å². The fourth-order valence-corrected chi connectivity index (χ4v) is 4.80. The van der Waals surface area contributed by atoms with Gasteiger partial charge >= 0.3 is 7.67 Å². The summed E-state index contributed by atoms with van der Waals surface area (Å²) in [6.07, 6.45) is 0.131. The predicted octanol–water partition coefficient (Wildman–Crippen LogP) is 3.99. The Hall–Kier alpha value is -0.130. The average Bonchev–Trinajstić information content (AvgIpc) is 2.60. The van der Waals surface area contributed by atoms with Crippen LogP contribution in [-0.2, 0) is 9.09 Å². The molecule has 1 aromatic rings. The molecular weight excluding hydrogens is 394 g/mol. The molecule has 0 saturated carbocycles. The van der Waals surface area contributed by atoms with Gasteiger partial charge in [-0.15, -0.1) is 34.8 Å². The number of hydrogen-bond donors (Lipinski definition) is 1. The zero-order valence-electron chi connectivity index (χ0n) is 13.3. The van der Waals surface area contributed by atoms with Gasteiger partial charge in [0.05, 0.1) is 6.61 Å². The number of rotatable bonds is 13. The molecule has 1 aromatic carbocycles. The molecule has 136 valence electrons. The van der Waals surface area contributed by atoms with Gasteiger partial charge in [0.25, 0.3) is 0 Å². The lowest BCUT2D eigenvalue weighted by atomic mass is 10.1. The van der Waals surface area contributed by atoms with E-state index in [1.54, 1.807) is 28.9 Å². The molecule has 0 fully saturated rings. The Balaban J connectivity index is 2.67. The van der Waals surface area contributed by atoms with Crippen LogP contribution in [0.2, 0.25) is 0 Å². The van der Waals surface area contributed by atoms with E-state index in [0.717, 1.165) is 0 Å². The molecule has 0 amide bonds. The minimum absolute atomic E-state index is 0.0291. The minimum atomic E-state index is -3.35. The van der Waals surface area contributed by atoms with Crippen molar-refractivity contribution in [2.75, 3.05) is 43.9 Å². The first-order valence-corrected chi connectivity index (χ1v) is 10.8. The summed E-state index contributed by atoms with van der Waals surface area (Å²) < 4.78 is 20.2. The third-order valence-electron chi connectivity index (χ3n) is 3.15. The summed E-state index contributed by atoms with van der Waals surface area (Å²) in [5, 5.41) is 2.83. The van der Waals surface area contributed by atoms with Crippen molar-refractivity contribution in [2.45, 2.75) is 6.42 Å². The van der Waals surface area contributed by atoms with Gasteiger partial charge in [0.15, 0.2) is 5.78 Å². The van der Waals surface area contributed by atoms with Gasteiger partial charge in [0.2, 0.25) is 0 Å². The second kappa shape index (κ2) is 12.3. The Morgan fingerprint density at radius 3 is 2.25 bits per heavy atom. The maximum Gasteiger partial charge on any atom is 0.343 e. The third-order valence-corrected chi connectivity index (χ3v) is 5.98. The highest BCUT2D eigenvalue weighted by Gasteiger charge is 2.31. The molecule has 1 N–H and O–H groups in total. The number of alkyl halides is 3. The molecule has 0 saturated heterocycles. The maximum absolute atomic E-state index is 13.1. The van der Waals surface area contributed by atoms with Crippen LogP contribution in [0.1, 0.15) is 16.8 Å². The monoisotopic (exact) mass is 414 g/mol. The van der Waals surface area contributed by atoms with Crippen LogP contribution in [0.25, 0.3) is 0 Å². The van der Waals surface area contributed by atoms with Gasteiger partial charge in [-0.3, -0.25) is 9.36 Å². The molecule has 9 heteroatoms. The fraction of sp³-hybridized carbons (Fsp3) is 0.533. The number of carbonyl (C=O) groups excluding carboxylic acids is 1. The first-order valence-electron chi connectivity index (χ1n) is 7.58. The average molecular weight is 416 g/mol. The molecule has 0 aliphatic heterocycles. The molecule has 0 spiro atoms. The molecule has 0 heterocycles. The zero-order valence-corrected chi connectivity index (χ0v) is 16.5. The highest BCUT2D eigenvalue weighted by Crippen LogP contribution is 2.46. The van der Waals surface area contributed by atoms with Gasteiger partial charge in [-0.2, -0.15) is 0 Å². The molecule has 24 heavy (non-hydrogen) atoms. The lowest BCUT2D eigenvalue weighted by Crippen LogP contribution is -2.33. The summed E-state index contributed by atoms with van der Waals surface area (Å²) in [5.41, 5.74) is 0.600. The molecule has 0 radical (unpaired) electrons. The molecular formula is C15H22Cl3N2O3P.